The first-order valence-corrected chi connectivity index (χ1v) is 7.99. The molecule has 0 spiro atoms. The first-order chi connectivity index (χ1) is 10.1. The molecule has 0 aromatic heterocycles. The summed E-state index contributed by atoms with van der Waals surface area (Å²) in [7, 11) is 1.67. The van der Waals surface area contributed by atoms with Crippen molar-refractivity contribution in [2.75, 3.05) is 12.9 Å². The van der Waals surface area contributed by atoms with Gasteiger partial charge in [0, 0.05) is 15.7 Å². The van der Waals surface area contributed by atoms with Crippen LogP contribution in [0.5, 0.6) is 5.75 Å². The Balaban J connectivity index is 2.09. The number of thioether (sulfide) groups is 1. The second-order valence-electron chi connectivity index (χ2n) is 4.71. The Morgan fingerprint density at radius 2 is 2.10 bits per heavy atom. The van der Waals surface area contributed by atoms with Gasteiger partial charge in [0.2, 0.25) is 0 Å². The second kappa shape index (κ2) is 7.71. The number of ether oxygens (including phenoxy) is 1. The average Bonchev–Trinajstić information content (AvgIpc) is 2.49. The monoisotopic (exact) mass is 322 g/mol. The van der Waals surface area contributed by atoms with E-state index in [1.165, 1.54) is 5.56 Å². The normalized spacial score (nSPS) is 12.2. The van der Waals surface area contributed by atoms with Crippen LogP contribution in [0.2, 0.25) is 5.02 Å². The summed E-state index contributed by atoms with van der Waals surface area (Å²) in [5.74, 6) is 7.40. The number of hydrogen-bond acceptors (Lipinski definition) is 4. The number of hydrazine groups is 1. The van der Waals surface area contributed by atoms with Crippen LogP contribution in [0.4, 0.5) is 0 Å². The number of aryl methyl sites for hydroxylation is 1. The van der Waals surface area contributed by atoms with Gasteiger partial charge in [0.05, 0.1) is 13.2 Å². The van der Waals surface area contributed by atoms with Crippen molar-refractivity contribution in [3.8, 4) is 5.75 Å². The smallest absolute Gasteiger partial charge is 0.119 e. The Kier molecular flexibility index (Phi) is 5.94. The lowest BCUT2D eigenvalue weighted by atomic mass is 10.0. The van der Waals surface area contributed by atoms with Crippen molar-refractivity contribution in [1.82, 2.24) is 5.43 Å². The van der Waals surface area contributed by atoms with Gasteiger partial charge in [-0.05, 0) is 48.4 Å². The van der Waals surface area contributed by atoms with E-state index in [-0.39, 0.29) is 6.04 Å². The van der Waals surface area contributed by atoms with E-state index in [2.05, 4.69) is 18.4 Å². The molecule has 0 heterocycles. The molecule has 0 aliphatic heterocycles. The summed E-state index contributed by atoms with van der Waals surface area (Å²) in [5.41, 5.74) is 5.22. The van der Waals surface area contributed by atoms with Crippen molar-refractivity contribution in [3.05, 3.63) is 58.6 Å². The van der Waals surface area contributed by atoms with Crippen LogP contribution < -0.4 is 16.0 Å². The summed E-state index contributed by atoms with van der Waals surface area (Å²) < 4.78 is 5.23. The molecule has 0 saturated carbocycles. The fraction of sp³-hybridized carbons (Fsp3) is 0.250. The maximum Gasteiger partial charge on any atom is 0.119 e. The summed E-state index contributed by atoms with van der Waals surface area (Å²) in [6.07, 6.45) is 0. The van der Waals surface area contributed by atoms with Crippen LogP contribution in [-0.2, 0) is 0 Å². The fourth-order valence-electron chi connectivity index (χ4n) is 2.13. The molecule has 1 unspecified atom stereocenters. The van der Waals surface area contributed by atoms with Crippen molar-refractivity contribution in [2.45, 2.75) is 17.9 Å². The van der Waals surface area contributed by atoms with E-state index in [4.69, 9.17) is 22.2 Å². The molecular formula is C16H19ClN2OS. The lowest BCUT2D eigenvalue weighted by molar-refractivity contribution is 0.414. The number of halogens is 1. The molecule has 0 aliphatic carbocycles. The molecule has 0 fully saturated rings. The van der Waals surface area contributed by atoms with E-state index in [0.717, 1.165) is 27.0 Å². The molecule has 2 aromatic rings. The largest absolute Gasteiger partial charge is 0.497 e. The van der Waals surface area contributed by atoms with E-state index < -0.39 is 0 Å². The van der Waals surface area contributed by atoms with Crippen LogP contribution in [0.15, 0.2) is 47.4 Å². The number of benzene rings is 2. The van der Waals surface area contributed by atoms with Gasteiger partial charge in [-0.2, -0.15) is 0 Å². The molecule has 21 heavy (non-hydrogen) atoms. The lowest BCUT2D eigenvalue weighted by Crippen LogP contribution is -2.30. The number of nitrogens with one attached hydrogen (secondary N) is 1. The van der Waals surface area contributed by atoms with Crippen LogP contribution in [0.1, 0.15) is 17.2 Å². The molecule has 0 aliphatic rings. The Morgan fingerprint density at radius 1 is 1.29 bits per heavy atom. The molecule has 0 saturated heterocycles. The van der Waals surface area contributed by atoms with Crippen LogP contribution in [0.3, 0.4) is 0 Å². The first kappa shape index (κ1) is 16.2. The zero-order valence-corrected chi connectivity index (χ0v) is 13.7. The standard InChI is InChI=1S/C16H19ClN2OS/c1-11-8-13(20-2)6-7-15(11)16(19-18)10-21-14-5-3-4-12(17)9-14/h3-9,16,19H,10,18H2,1-2H3. The molecule has 0 bridgehead atoms. The van der Waals surface area contributed by atoms with Gasteiger partial charge in [0.1, 0.15) is 5.75 Å². The van der Waals surface area contributed by atoms with Crippen LogP contribution in [-0.4, -0.2) is 12.9 Å². The molecule has 0 amide bonds. The number of methoxy groups -OCH3 is 1. The first-order valence-electron chi connectivity index (χ1n) is 6.63. The summed E-state index contributed by atoms with van der Waals surface area (Å²) in [5, 5.41) is 0.748. The van der Waals surface area contributed by atoms with E-state index in [1.807, 2.05) is 36.4 Å². The van der Waals surface area contributed by atoms with Gasteiger partial charge in [-0.3, -0.25) is 11.3 Å². The predicted molar refractivity (Wildman–Crippen MR) is 90.0 cm³/mol. The maximum atomic E-state index is 6.00. The highest BCUT2D eigenvalue weighted by molar-refractivity contribution is 7.99. The van der Waals surface area contributed by atoms with Gasteiger partial charge in [-0.15, -0.1) is 11.8 Å². The van der Waals surface area contributed by atoms with Gasteiger partial charge in [-0.1, -0.05) is 23.7 Å². The van der Waals surface area contributed by atoms with Crippen molar-refractivity contribution in [1.29, 1.82) is 0 Å². The van der Waals surface area contributed by atoms with E-state index in [9.17, 15) is 0 Å². The summed E-state index contributed by atoms with van der Waals surface area (Å²) >= 11 is 7.72. The summed E-state index contributed by atoms with van der Waals surface area (Å²) in [4.78, 5) is 1.13. The number of nitrogens with two attached hydrogens (primary N) is 1. The highest BCUT2D eigenvalue weighted by Crippen LogP contribution is 2.29. The molecule has 2 rings (SSSR count). The Bertz CT molecular complexity index is 607. The van der Waals surface area contributed by atoms with E-state index in [1.54, 1.807) is 18.9 Å². The third kappa shape index (κ3) is 4.38. The Hall–Kier alpha value is -1.20. The van der Waals surface area contributed by atoms with Crippen molar-refractivity contribution < 1.29 is 4.74 Å². The van der Waals surface area contributed by atoms with Gasteiger partial charge in [-0.25, -0.2) is 0 Å². The van der Waals surface area contributed by atoms with Crippen molar-refractivity contribution in [2.24, 2.45) is 5.84 Å². The number of rotatable bonds is 6. The second-order valence-corrected chi connectivity index (χ2v) is 6.24. The molecule has 2 aromatic carbocycles. The summed E-state index contributed by atoms with van der Waals surface area (Å²) in [6, 6.07) is 13.9. The van der Waals surface area contributed by atoms with Crippen molar-refractivity contribution in [3.63, 3.8) is 0 Å². The summed E-state index contributed by atoms with van der Waals surface area (Å²) in [6.45, 7) is 2.06. The Labute approximate surface area is 134 Å². The lowest BCUT2D eigenvalue weighted by Gasteiger charge is -2.19. The van der Waals surface area contributed by atoms with Crippen LogP contribution in [0, 0.1) is 6.92 Å². The van der Waals surface area contributed by atoms with Crippen molar-refractivity contribution >= 4 is 23.4 Å². The van der Waals surface area contributed by atoms with Crippen LogP contribution in [0.25, 0.3) is 0 Å². The molecule has 0 radical (unpaired) electrons. The van der Waals surface area contributed by atoms with Gasteiger partial charge >= 0.3 is 0 Å². The Morgan fingerprint density at radius 3 is 2.71 bits per heavy atom. The maximum absolute atomic E-state index is 6.00. The molecule has 5 heteroatoms. The third-order valence-corrected chi connectivity index (χ3v) is 4.59. The molecular weight excluding hydrogens is 304 g/mol. The molecule has 3 N–H and O–H groups in total. The van der Waals surface area contributed by atoms with E-state index >= 15 is 0 Å². The molecule has 3 nitrogen and oxygen atoms in total. The zero-order chi connectivity index (χ0) is 15.2. The van der Waals surface area contributed by atoms with Gasteiger partial charge in [0.15, 0.2) is 0 Å². The molecule has 1 atom stereocenters. The van der Waals surface area contributed by atoms with E-state index in [0.29, 0.717) is 0 Å². The van der Waals surface area contributed by atoms with Gasteiger partial charge < -0.3 is 4.74 Å². The minimum Gasteiger partial charge on any atom is -0.497 e. The predicted octanol–water partition coefficient (Wildman–Crippen LogP) is 3.95. The molecule has 112 valence electrons. The highest BCUT2D eigenvalue weighted by Gasteiger charge is 2.13. The van der Waals surface area contributed by atoms with Gasteiger partial charge in [0.25, 0.3) is 0 Å². The van der Waals surface area contributed by atoms with Crippen LogP contribution >= 0.6 is 23.4 Å². The topological polar surface area (TPSA) is 47.3 Å². The zero-order valence-electron chi connectivity index (χ0n) is 12.1. The minimum absolute atomic E-state index is 0.0693. The fourth-order valence-corrected chi connectivity index (χ4v) is 3.41. The third-order valence-electron chi connectivity index (χ3n) is 3.27. The average molecular weight is 323 g/mol. The quantitative estimate of drug-likeness (QED) is 0.480. The minimum atomic E-state index is 0.0693. The SMILES string of the molecule is COc1ccc(C(CSc2cccc(Cl)c2)NN)c(C)c1. The highest BCUT2D eigenvalue weighted by atomic mass is 35.5. The number of hydrogen-bond donors (Lipinski definition) is 2.